The fourth-order valence-corrected chi connectivity index (χ4v) is 4.98. The molecule has 0 saturated heterocycles. The lowest BCUT2D eigenvalue weighted by atomic mass is 9.96. The molecule has 0 fully saturated rings. The highest BCUT2D eigenvalue weighted by Crippen LogP contribution is 2.40. The number of rotatable bonds is 5. The second-order valence-electron chi connectivity index (χ2n) is 8.10. The van der Waals surface area contributed by atoms with Crippen LogP contribution in [0.3, 0.4) is 0 Å². The van der Waals surface area contributed by atoms with E-state index < -0.39 is 18.9 Å². The molecule has 0 unspecified atom stereocenters. The number of nitrogens with zero attached hydrogens (tertiary/aromatic N) is 2. The molecule has 2 heterocycles. The van der Waals surface area contributed by atoms with Crippen molar-refractivity contribution in [3.05, 3.63) is 64.3 Å². The Bertz CT molecular complexity index is 1250. The summed E-state index contributed by atoms with van der Waals surface area (Å²) < 4.78 is 53.9. The molecule has 6 nitrogen and oxygen atoms in total. The quantitative estimate of drug-likeness (QED) is 0.404. The van der Waals surface area contributed by atoms with Crippen molar-refractivity contribution < 1.29 is 17.7 Å². The Hall–Kier alpha value is -2.61. The number of hydrogen-bond donors (Lipinski definition) is 3. The van der Waals surface area contributed by atoms with Gasteiger partial charge in [0.05, 0.1) is 23.1 Å². The number of anilines is 4. The molecule has 0 spiro atoms. The van der Waals surface area contributed by atoms with Crippen LogP contribution in [0.1, 0.15) is 16.7 Å². The van der Waals surface area contributed by atoms with E-state index in [0.29, 0.717) is 36.1 Å². The second-order valence-corrected chi connectivity index (χ2v) is 11.7. The molecule has 4 rings (SSSR count). The summed E-state index contributed by atoms with van der Waals surface area (Å²) in [6.07, 6.45) is -2.72. The fraction of sp³-hybridized carbons (Fsp3) is 0.273. The molecular formula is C22H22ClF3N5OP. The van der Waals surface area contributed by atoms with Gasteiger partial charge in [0, 0.05) is 11.8 Å². The molecule has 33 heavy (non-hydrogen) atoms. The average Bonchev–Trinajstić information content (AvgIpc) is 2.74. The molecule has 0 aliphatic carbocycles. The van der Waals surface area contributed by atoms with Crippen molar-refractivity contribution in [2.45, 2.75) is 19.1 Å². The molecule has 1 aromatic heterocycles. The Kier molecular flexibility index (Phi) is 6.40. The van der Waals surface area contributed by atoms with Crippen LogP contribution in [-0.2, 0) is 23.7 Å². The minimum absolute atomic E-state index is 0.0511. The van der Waals surface area contributed by atoms with Crippen LogP contribution in [0.25, 0.3) is 0 Å². The molecule has 2 aromatic carbocycles. The number of benzene rings is 2. The van der Waals surface area contributed by atoms with Crippen molar-refractivity contribution in [3.63, 3.8) is 0 Å². The normalized spacial score (nSPS) is 14.0. The first-order valence-electron chi connectivity index (χ1n) is 10.2. The van der Waals surface area contributed by atoms with Crippen molar-refractivity contribution in [2.24, 2.45) is 0 Å². The van der Waals surface area contributed by atoms with Crippen molar-refractivity contribution in [2.75, 3.05) is 30.5 Å². The molecule has 11 heteroatoms. The van der Waals surface area contributed by atoms with E-state index in [1.165, 1.54) is 18.3 Å². The number of para-hydroxylation sites is 1. The number of aromatic nitrogens is 2. The van der Waals surface area contributed by atoms with E-state index in [1.54, 1.807) is 37.6 Å². The van der Waals surface area contributed by atoms with Crippen LogP contribution in [-0.4, -0.2) is 29.8 Å². The third-order valence-corrected chi connectivity index (χ3v) is 7.09. The molecule has 0 amide bonds. The zero-order valence-electron chi connectivity index (χ0n) is 17.9. The summed E-state index contributed by atoms with van der Waals surface area (Å²) in [7, 11) is -2.61. The van der Waals surface area contributed by atoms with Crippen LogP contribution in [0.2, 0.25) is 5.02 Å². The highest BCUT2D eigenvalue weighted by molar-refractivity contribution is 7.70. The molecule has 3 aromatic rings. The van der Waals surface area contributed by atoms with Crippen LogP contribution in [0.15, 0.2) is 42.6 Å². The van der Waals surface area contributed by atoms with Crippen molar-refractivity contribution in [1.82, 2.24) is 15.3 Å². The Morgan fingerprint density at radius 2 is 1.85 bits per heavy atom. The Morgan fingerprint density at radius 1 is 1.09 bits per heavy atom. The number of hydrogen-bond acceptors (Lipinski definition) is 6. The topological polar surface area (TPSA) is 78.9 Å². The Morgan fingerprint density at radius 3 is 2.58 bits per heavy atom. The van der Waals surface area contributed by atoms with E-state index >= 15 is 0 Å². The monoisotopic (exact) mass is 495 g/mol. The summed E-state index contributed by atoms with van der Waals surface area (Å²) in [5, 5.41) is 9.68. The predicted molar refractivity (Wildman–Crippen MR) is 126 cm³/mol. The lowest BCUT2D eigenvalue weighted by Crippen LogP contribution is -2.24. The summed E-state index contributed by atoms with van der Waals surface area (Å²) in [5.41, 5.74) is 1.10. The lowest BCUT2D eigenvalue weighted by Gasteiger charge is -2.22. The van der Waals surface area contributed by atoms with Gasteiger partial charge in [-0.25, -0.2) is 4.98 Å². The molecular weight excluding hydrogens is 474 g/mol. The van der Waals surface area contributed by atoms with Crippen LogP contribution >= 0.6 is 18.7 Å². The molecule has 0 bridgehead atoms. The van der Waals surface area contributed by atoms with Gasteiger partial charge in [0.15, 0.2) is 5.82 Å². The summed E-state index contributed by atoms with van der Waals surface area (Å²) in [4.78, 5) is 8.33. The highest BCUT2D eigenvalue weighted by Gasteiger charge is 2.35. The maximum atomic E-state index is 13.8. The smallest absolute Gasteiger partial charge is 0.338 e. The third kappa shape index (κ3) is 5.32. The largest absolute Gasteiger partial charge is 0.418 e. The minimum atomic E-state index is -4.54. The van der Waals surface area contributed by atoms with Gasteiger partial charge in [-0.15, -0.1) is 0 Å². The van der Waals surface area contributed by atoms with E-state index in [1.807, 2.05) is 0 Å². The fourth-order valence-electron chi connectivity index (χ4n) is 3.68. The Balaban J connectivity index is 1.70. The summed E-state index contributed by atoms with van der Waals surface area (Å²) in [5.74, 6) is 0.132. The maximum absolute atomic E-state index is 13.8. The summed E-state index contributed by atoms with van der Waals surface area (Å²) in [6.45, 7) is 4.41. The van der Waals surface area contributed by atoms with Crippen LogP contribution < -0.4 is 21.3 Å². The van der Waals surface area contributed by atoms with Gasteiger partial charge in [-0.3, -0.25) is 0 Å². The highest BCUT2D eigenvalue weighted by atomic mass is 35.5. The van der Waals surface area contributed by atoms with E-state index in [2.05, 4.69) is 25.9 Å². The van der Waals surface area contributed by atoms with Gasteiger partial charge in [-0.1, -0.05) is 23.7 Å². The van der Waals surface area contributed by atoms with E-state index in [-0.39, 0.29) is 22.5 Å². The molecule has 1 aliphatic rings. The van der Waals surface area contributed by atoms with E-state index in [4.69, 9.17) is 11.6 Å². The van der Waals surface area contributed by atoms with Crippen molar-refractivity contribution >= 4 is 47.2 Å². The van der Waals surface area contributed by atoms with E-state index in [9.17, 15) is 17.7 Å². The number of fused-ring (bicyclic) bond motifs is 1. The van der Waals surface area contributed by atoms with Gasteiger partial charge in [0.25, 0.3) is 0 Å². The average molecular weight is 496 g/mol. The first kappa shape index (κ1) is 23.5. The molecule has 0 radical (unpaired) electrons. The van der Waals surface area contributed by atoms with Crippen molar-refractivity contribution in [1.29, 1.82) is 0 Å². The van der Waals surface area contributed by atoms with Crippen LogP contribution in [0.4, 0.5) is 36.3 Å². The van der Waals surface area contributed by atoms with Gasteiger partial charge in [0.1, 0.15) is 12.2 Å². The van der Waals surface area contributed by atoms with E-state index in [0.717, 1.165) is 5.56 Å². The molecule has 0 atom stereocenters. The van der Waals surface area contributed by atoms with Gasteiger partial charge in [0.2, 0.25) is 5.95 Å². The second kappa shape index (κ2) is 8.97. The third-order valence-electron chi connectivity index (χ3n) is 5.26. The first-order chi connectivity index (χ1) is 15.5. The molecule has 3 N–H and O–H groups in total. The maximum Gasteiger partial charge on any atom is 0.418 e. The predicted octanol–water partition coefficient (Wildman–Crippen LogP) is 5.53. The molecule has 174 valence electrons. The number of halogens is 4. The minimum Gasteiger partial charge on any atom is -0.338 e. The summed E-state index contributed by atoms with van der Waals surface area (Å²) in [6, 6.07) is 9.69. The zero-order chi connectivity index (χ0) is 23.8. The van der Waals surface area contributed by atoms with Crippen LogP contribution in [0.5, 0.6) is 0 Å². The van der Waals surface area contributed by atoms with Crippen molar-refractivity contribution in [3.8, 4) is 0 Å². The SMILES string of the molecule is CP(C)(=O)c1ccccc1Nc1nc(Nc2cc3c(cc2C(F)(F)F)CCNC3)ncc1Cl. The molecule has 1 aliphatic heterocycles. The standard InChI is InChI=1S/C22H22ClF3N5OP/c1-33(2,32)19-6-4-3-5-17(19)29-20-16(23)12-28-21(31-20)30-18-10-14-11-27-8-7-13(14)9-15(18)22(24,25)26/h3-6,9-10,12,27H,7-8,11H2,1-2H3,(H2,28,29,30,31). The molecule has 0 saturated carbocycles. The van der Waals surface area contributed by atoms with Gasteiger partial charge in [-0.05, 0) is 61.7 Å². The zero-order valence-corrected chi connectivity index (χ0v) is 19.6. The Labute approximate surface area is 194 Å². The van der Waals surface area contributed by atoms with Gasteiger partial charge in [-0.2, -0.15) is 18.2 Å². The summed E-state index contributed by atoms with van der Waals surface area (Å²) >= 11 is 6.24. The lowest BCUT2D eigenvalue weighted by molar-refractivity contribution is -0.137. The number of alkyl halides is 3. The van der Waals surface area contributed by atoms with Gasteiger partial charge < -0.3 is 20.5 Å². The van der Waals surface area contributed by atoms with Gasteiger partial charge >= 0.3 is 6.18 Å². The first-order valence-corrected chi connectivity index (χ1v) is 13.1. The van der Waals surface area contributed by atoms with Crippen LogP contribution in [0, 0.1) is 0 Å². The number of nitrogens with one attached hydrogen (secondary N) is 3.